The van der Waals surface area contributed by atoms with E-state index in [1.54, 1.807) is 7.11 Å². The molecule has 1 aliphatic rings. The van der Waals surface area contributed by atoms with Crippen molar-refractivity contribution in [2.75, 3.05) is 33.9 Å². The molecule has 0 aromatic carbocycles. The summed E-state index contributed by atoms with van der Waals surface area (Å²) in [6.07, 6.45) is 5.68. The van der Waals surface area contributed by atoms with Gasteiger partial charge in [0.25, 0.3) is 0 Å². The molecule has 90 valence electrons. The molecule has 0 amide bonds. The first-order valence-corrected chi connectivity index (χ1v) is 6.09. The van der Waals surface area contributed by atoms with E-state index in [1.165, 1.54) is 19.3 Å². The van der Waals surface area contributed by atoms with Crippen molar-refractivity contribution in [1.29, 1.82) is 0 Å². The number of hydrogen-bond donors (Lipinski definition) is 1. The summed E-state index contributed by atoms with van der Waals surface area (Å²) >= 11 is 0. The molecule has 1 fully saturated rings. The minimum absolute atomic E-state index is 0.0661. The molecule has 0 heterocycles. The van der Waals surface area contributed by atoms with Gasteiger partial charge in [0.15, 0.2) is 0 Å². The van der Waals surface area contributed by atoms with E-state index in [0.717, 1.165) is 32.5 Å². The molecule has 15 heavy (non-hydrogen) atoms. The van der Waals surface area contributed by atoms with Crippen LogP contribution in [-0.2, 0) is 4.74 Å². The van der Waals surface area contributed by atoms with Gasteiger partial charge in [0, 0.05) is 26.8 Å². The summed E-state index contributed by atoms with van der Waals surface area (Å²) in [6, 6.07) is 0. The highest BCUT2D eigenvalue weighted by Crippen LogP contribution is 2.24. The molecule has 3 nitrogen and oxygen atoms in total. The van der Waals surface area contributed by atoms with Crippen LogP contribution in [0.4, 0.5) is 0 Å². The highest BCUT2D eigenvalue weighted by molar-refractivity contribution is 4.76. The van der Waals surface area contributed by atoms with Gasteiger partial charge in [-0.05, 0) is 32.2 Å². The number of hydrogen-bond acceptors (Lipinski definition) is 3. The molecule has 0 spiro atoms. The molecule has 1 saturated carbocycles. The van der Waals surface area contributed by atoms with Crippen LogP contribution in [0.2, 0.25) is 0 Å². The number of rotatable bonds is 6. The minimum atomic E-state index is -0.0661. The standard InChI is InChI=1S/C12H25NO2/c1-13(8-5-9-15-2)10-11-6-3-4-7-12(11)14/h11-12,14H,3-10H2,1-2H3. The number of methoxy groups -OCH3 is 1. The van der Waals surface area contributed by atoms with E-state index < -0.39 is 0 Å². The summed E-state index contributed by atoms with van der Waals surface area (Å²) in [4.78, 5) is 2.32. The third-order valence-corrected chi connectivity index (χ3v) is 3.30. The molecule has 3 heteroatoms. The Morgan fingerprint density at radius 1 is 1.33 bits per heavy atom. The quantitative estimate of drug-likeness (QED) is 0.682. The summed E-state index contributed by atoms with van der Waals surface area (Å²) in [5, 5.41) is 9.84. The molecule has 0 aromatic heterocycles. The van der Waals surface area contributed by atoms with Gasteiger partial charge in [-0.25, -0.2) is 0 Å². The third-order valence-electron chi connectivity index (χ3n) is 3.30. The largest absolute Gasteiger partial charge is 0.393 e. The lowest BCUT2D eigenvalue weighted by atomic mass is 9.86. The smallest absolute Gasteiger partial charge is 0.0580 e. The van der Waals surface area contributed by atoms with Gasteiger partial charge in [-0.2, -0.15) is 0 Å². The average Bonchev–Trinajstić information content (AvgIpc) is 2.22. The Labute approximate surface area is 93.4 Å². The SMILES string of the molecule is COCCCN(C)CC1CCCCC1O. The van der Waals surface area contributed by atoms with E-state index in [1.807, 2.05) is 0 Å². The van der Waals surface area contributed by atoms with Crippen molar-refractivity contribution in [2.24, 2.45) is 5.92 Å². The van der Waals surface area contributed by atoms with Gasteiger partial charge in [-0.3, -0.25) is 0 Å². The van der Waals surface area contributed by atoms with Crippen LogP contribution >= 0.6 is 0 Å². The Bertz CT molecular complexity index is 164. The van der Waals surface area contributed by atoms with Gasteiger partial charge >= 0.3 is 0 Å². The normalized spacial score (nSPS) is 27.2. The number of aliphatic hydroxyl groups is 1. The molecular formula is C12H25NO2. The summed E-state index contributed by atoms with van der Waals surface area (Å²) in [5.74, 6) is 0.492. The summed E-state index contributed by atoms with van der Waals surface area (Å²) in [5.41, 5.74) is 0. The second-order valence-corrected chi connectivity index (χ2v) is 4.72. The molecule has 2 atom stereocenters. The highest BCUT2D eigenvalue weighted by Gasteiger charge is 2.23. The lowest BCUT2D eigenvalue weighted by Gasteiger charge is -2.31. The lowest BCUT2D eigenvalue weighted by molar-refractivity contribution is 0.0499. The molecule has 2 unspecified atom stereocenters. The second-order valence-electron chi connectivity index (χ2n) is 4.72. The Morgan fingerprint density at radius 3 is 2.73 bits per heavy atom. The number of nitrogens with zero attached hydrogens (tertiary/aromatic N) is 1. The van der Waals surface area contributed by atoms with Gasteiger partial charge < -0.3 is 14.7 Å². The fraction of sp³-hybridized carbons (Fsp3) is 1.00. The Kier molecular flexibility index (Phi) is 6.22. The van der Waals surface area contributed by atoms with Crippen molar-refractivity contribution in [3.05, 3.63) is 0 Å². The van der Waals surface area contributed by atoms with E-state index in [-0.39, 0.29) is 6.10 Å². The van der Waals surface area contributed by atoms with Crippen LogP contribution in [0, 0.1) is 5.92 Å². The Morgan fingerprint density at radius 2 is 2.07 bits per heavy atom. The van der Waals surface area contributed by atoms with Gasteiger partial charge in [0.05, 0.1) is 6.10 Å². The zero-order valence-electron chi connectivity index (χ0n) is 10.1. The van der Waals surface area contributed by atoms with E-state index in [4.69, 9.17) is 4.74 Å². The van der Waals surface area contributed by atoms with Crippen LogP contribution < -0.4 is 0 Å². The molecule has 1 rings (SSSR count). The molecular weight excluding hydrogens is 190 g/mol. The number of ether oxygens (including phenoxy) is 1. The first-order chi connectivity index (χ1) is 7.24. The summed E-state index contributed by atoms with van der Waals surface area (Å²) in [7, 11) is 3.88. The maximum absolute atomic E-state index is 9.84. The highest BCUT2D eigenvalue weighted by atomic mass is 16.5. The molecule has 0 radical (unpaired) electrons. The Balaban J connectivity index is 2.15. The van der Waals surface area contributed by atoms with Crippen molar-refractivity contribution in [2.45, 2.75) is 38.2 Å². The zero-order valence-corrected chi connectivity index (χ0v) is 10.1. The fourth-order valence-corrected chi connectivity index (χ4v) is 2.37. The predicted octanol–water partition coefficient (Wildman–Crippen LogP) is 1.51. The van der Waals surface area contributed by atoms with Crippen LogP contribution in [0.5, 0.6) is 0 Å². The molecule has 0 bridgehead atoms. The van der Waals surface area contributed by atoms with Crippen LogP contribution in [0.1, 0.15) is 32.1 Å². The van der Waals surface area contributed by atoms with Gasteiger partial charge in [0.2, 0.25) is 0 Å². The average molecular weight is 215 g/mol. The molecule has 1 aliphatic carbocycles. The van der Waals surface area contributed by atoms with E-state index in [2.05, 4.69) is 11.9 Å². The van der Waals surface area contributed by atoms with E-state index in [0.29, 0.717) is 5.92 Å². The van der Waals surface area contributed by atoms with Gasteiger partial charge in [-0.1, -0.05) is 12.8 Å². The molecule has 0 aliphatic heterocycles. The first kappa shape index (κ1) is 12.9. The predicted molar refractivity (Wildman–Crippen MR) is 62.0 cm³/mol. The van der Waals surface area contributed by atoms with Gasteiger partial charge in [-0.15, -0.1) is 0 Å². The number of aliphatic hydroxyl groups excluding tert-OH is 1. The molecule has 0 aromatic rings. The Hall–Kier alpha value is -0.120. The van der Waals surface area contributed by atoms with E-state index in [9.17, 15) is 5.11 Å². The van der Waals surface area contributed by atoms with Crippen molar-refractivity contribution >= 4 is 0 Å². The lowest BCUT2D eigenvalue weighted by Crippen LogP contribution is -2.35. The zero-order chi connectivity index (χ0) is 11.1. The first-order valence-electron chi connectivity index (χ1n) is 6.09. The fourth-order valence-electron chi connectivity index (χ4n) is 2.37. The van der Waals surface area contributed by atoms with Crippen LogP contribution in [-0.4, -0.2) is 50.0 Å². The van der Waals surface area contributed by atoms with Crippen LogP contribution in [0.15, 0.2) is 0 Å². The maximum Gasteiger partial charge on any atom is 0.0580 e. The van der Waals surface area contributed by atoms with Crippen molar-refractivity contribution in [3.63, 3.8) is 0 Å². The van der Waals surface area contributed by atoms with E-state index >= 15 is 0 Å². The van der Waals surface area contributed by atoms with Crippen molar-refractivity contribution < 1.29 is 9.84 Å². The van der Waals surface area contributed by atoms with Crippen LogP contribution in [0.3, 0.4) is 0 Å². The van der Waals surface area contributed by atoms with Crippen LogP contribution in [0.25, 0.3) is 0 Å². The minimum Gasteiger partial charge on any atom is -0.393 e. The second kappa shape index (κ2) is 7.20. The summed E-state index contributed by atoms with van der Waals surface area (Å²) in [6.45, 7) is 2.93. The van der Waals surface area contributed by atoms with Crippen molar-refractivity contribution in [3.8, 4) is 0 Å². The van der Waals surface area contributed by atoms with Gasteiger partial charge in [0.1, 0.15) is 0 Å². The van der Waals surface area contributed by atoms with Crippen molar-refractivity contribution in [1.82, 2.24) is 4.90 Å². The third kappa shape index (κ3) is 4.96. The topological polar surface area (TPSA) is 32.7 Å². The molecule has 1 N–H and O–H groups in total. The monoisotopic (exact) mass is 215 g/mol. The molecule has 0 saturated heterocycles. The maximum atomic E-state index is 9.84. The summed E-state index contributed by atoms with van der Waals surface area (Å²) < 4.78 is 5.03.